The van der Waals surface area contributed by atoms with Crippen LogP contribution in [0.3, 0.4) is 0 Å². The fraction of sp³-hybridized carbons (Fsp3) is 0.714. The van der Waals surface area contributed by atoms with Gasteiger partial charge in [0.05, 0.1) is 27.3 Å². The van der Waals surface area contributed by atoms with Crippen LogP contribution in [0.15, 0.2) is 4.47 Å². The second-order valence-electron chi connectivity index (χ2n) is 5.58. The van der Waals surface area contributed by atoms with E-state index in [-0.39, 0.29) is 5.41 Å². The smallest absolute Gasteiger partial charge is 0.0738 e. The summed E-state index contributed by atoms with van der Waals surface area (Å²) in [5.74, 6) is 0.669. The Labute approximate surface area is 117 Å². The minimum Gasteiger partial charge on any atom is -0.268 e. The minimum absolute atomic E-state index is 0.179. The first kappa shape index (κ1) is 13.6. The highest BCUT2D eigenvalue weighted by atomic mass is 79.9. The summed E-state index contributed by atoms with van der Waals surface area (Å²) in [5, 5.41) is 14.1. The maximum Gasteiger partial charge on any atom is 0.0738 e. The fourth-order valence-corrected chi connectivity index (χ4v) is 3.48. The summed E-state index contributed by atoms with van der Waals surface area (Å²) in [4.78, 5) is 0. The fourth-order valence-electron chi connectivity index (χ4n) is 3.05. The van der Waals surface area contributed by atoms with E-state index < -0.39 is 0 Å². The molecule has 0 aliphatic heterocycles. The van der Waals surface area contributed by atoms with Crippen LogP contribution in [0.1, 0.15) is 44.5 Å². The van der Waals surface area contributed by atoms with Crippen LogP contribution < -0.4 is 0 Å². The van der Waals surface area contributed by atoms with Crippen molar-refractivity contribution >= 4 is 15.9 Å². The summed E-state index contributed by atoms with van der Waals surface area (Å²) in [6.45, 7) is 7.21. The van der Waals surface area contributed by atoms with Gasteiger partial charge < -0.3 is 0 Å². The highest BCUT2D eigenvalue weighted by Gasteiger charge is 2.39. The van der Waals surface area contributed by atoms with E-state index in [1.807, 2.05) is 11.6 Å². The van der Waals surface area contributed by atoms with E-state index in [1.165, 1.54) is 12.1 Å². The molecule has 1 aromatic heterocycles. The third-order valence-corrected chi connectivity index (χ3v) is 5.08. The Balaban J connectivity index is 2.31. The molecular weight excluding hydrogens is 290 g/mol. The lowest BCUT2D eigenvalue weighted by atomic mass is 9.82. The first-order valence-electron chi connectivity index (χ1n) is 6.64. The molecule has 1 heterocycles. The summed E-state index contributed by atoms with van der Waals surface area (Å²) >= 11 is 3.62. The molecule has 2 rings (SSSR count). The highest BCUT2D eigenvalue weighted by molar-refractivity contribution is 9.10. The van der Waals surface area contributed by atoms with Gasteiger partial charge in [-0.25, -0.2) is 0 Å². The van der Waals surface area contributed by atoms with Gasteiger partial charge in [-0.15, -0.1) is 0 Å². The van der Waals surface area contributed by atoms with Gasteiger partial charge in [0, 0.05) is 13.0 Å². The second kappa shape index (κ2) is 5.05. The molecule has 1 saturated carbocycles. The number of rotatable bonds is 3. The predicted molar refractivity (Wildman–Crippen MR) is 75.1 cm³/mol. The van der Waals surface area contributed by atoms with Gasteiger partial charge in [0.2, 0.25) is 0 Å². The van der Waals surface area contributed by atoms with Gasteiger partial charge in [0.1, 0.15) is 0 Å². The van der Waals surface area contributed by atoms with Crippen LogP contribution in [0.2, 0.25) is 0 Å². The summed E-state index contributed by atoms with van der Waals surface area (Å²) < 4.78 is 3.11. The van der Waals surface area contributed by atoms with E-state index in [0.29, 0.717) is 5.92 Å². The van der Waals surface area contributed by atoms with E-state index in [0.717, 1.165) is 36.0 Å². The number of nitrogens with zero attached hydrogens (tertiary/aromatic N) is 3. The van der Waals surface area contributed by atoms with Crippen LogP contribution in [-0.4, -0.2) is 9.78 Å². The Kier molecular flexibility index (Phi) is 3.82. The van der Waals surface area contributed by atoms with Crippen molar-refractivity contribution in [2.75, 3.05) is 0 Å². The Bertz CT molecular complexity index is 486. The van der Waals surface area contributed by atoms with Gasteiger partial charge in [-0.05, 0) is 55.0 Å². The molecule has 3 nitrogen and oxygen atoms in total. The predicted octanol–water partition coefficient (Wildman–Crippen LogP) is 3.85. The Morgan fingerprint density at radius 1 is 1.61 bits per heavy atom. The first-order valence-corrected chi connectivity index (χ1v) is 7.43. The van der Waals surface area contributed by atoms with Crippen LogP contribution in [0.5, 0.6) is 0 Å². The van der Waals surface area contributed by atoms with Gasteiger partial charge in [-0.3, -0.25) is 4.68 Å². The molecule has 0 amide bonds. The van der Waals surface area contributed by atoms with Crippen LogP contribution in [-0.2, 0) is 13.0 Å². The van der Waals surface area contributed by atoms with Gasteiger partial charge in [0.15, 0.2) is 0 Å². The molecule has 1 aliphatic carbocycles. The second-order valence-corrected chi connectivity index (χ2v) is 6.37. The van der Waals surface area contributed by atoms with E-state index in [2.05, 4.69) is 40.9 Å². The third kappa shape index (κ3) is 2.33. The maximum atomic E-state index is 9.56. The van der Waals surface area contributed by atoms with Crippen molar-refractivity contribution in [3.8, 4) is 6.07 Å². The van der Waals surface area contributed by atoms with Crippen molar-refractivity contribution in [2.24, 2.45) is 11.3 Å². The van der Waals surface area contributed by atoms with E-state index in [4.69, 9.17) is 0 Å². The number of aromatic nitrogens is 2. The topological polar surface area (TPSA) is 41.6 Å². The van der Waals surface area contributed by atoms with Crippen LogP contribution >= 0.6 is 15.9 Å². The molecule has 1 aromatic rings. The summed E-state index contributed by atoms with van der Waals surface area (Å²) in [7, 11) is 0. The van der Waals surface area contributed by atoms with Crippen molar-refractivity contribution in [1.82, 2.24) is 9.78 Å². The molecule has 4 heteroatoms. The number of hydrogen-bond acceptors (Lipinski definition) is 2. The van der Waals surface area contributed by atoms with Crippen molar-refractivity contribution in [3.05, 3.63) is 15.9 Å². The molecule has 0 N–H and O–H groups in total. The van der Waals surface area contributed by atoms with Crippen molar-refractivity contribution in [1.29, 1.82) is 5.26 Å². The lowest BCUT2D eigenvalue weighted by molar-refractivity contribution is 0.376. The zero-order valence-corrected chi connectivity index (χ0v) is 12.9. The quantitative estimate of drug-likeness (QED) is 0.851. The number of hydrogen-bond donors (Lipinski definition) is 0. The van der Waals surface area contributed by atoms with Crippen molar-refractivity contribution in [3.63, 3.8) is 0 Å². The highest BCUT2D eigenvalue weighted by Crippen LogP contribution is 2.44. The van der Waals surface area contributed by atoms with E-state index in [9.17, 15) is 5.26 Å². The number of halogens is 1. The lowest BCUT2D eigenvalue weighted by Gasteiger charge is -2.21. The standard InChI is InChI=1S/C14H20BrN3/c1-4-18-12(13(15)11(3)17-18)8-14(9-16)6-5-10(2)7-14/h10H,4-8H2,1-3H3. The largest absolute Gasteiger partial charge is 0.268 e. The molecule has 0 saturated heterocycles. The molecule has 2 atom stereocenters. The molecule has 1 fully saturated rings. The van der Waals surface area contributed by atoms with Gasteiger partial charge in [0.25, 0.3) is 0 Å². The van der Waals surface area contributed by atoms with Crippen molar-refractivity contribution in [2.45, 2.75) is 53.0 Å². The maximum absolute atomic E-state index is 9.56. The first-order chi connectivity index (χ1) is 8.51. The Morgan fingerprint density at radius 2 is 2.33 bits per heavy atom. The van der Waals surface area contributed by atoms with Crippen LogP contribution in [0, 0.1) is 29.6 Å². The average molecular weight is 310 g/mol. The molecule has 2 unspecified atom stereocenters. The SMILES string of the molecule is CCn1nc(C)c(Br)c1CC1(C#N)CCC(C)C1. The van der Waals surface area contributed by atoms with Crippen LogP contribution in [0.25, 0.3) is 0 Å². The molecule has 0 aromatic carbocycles. The third-order valence-electron chi connectivity index (χ3n) is 4.05. The molecule has 0 bridgehead atoms. The monoisotopic (exact) mass is 309 g/mol. The van der Waals surface area contributed by atoms with E-state index in [1.54, 1.807) is 0 Å². The lowest BCUT2D eigenvalue weighted by Crippen LogP contribution is -2.20. The average Bonchev–Trinajstić information content (AvgIpc) is 2.85. The Morgan fingerprint density at radius 3 is 2.83 bits per heavy atom. The Hall–Kier alpha value is -0.820. The number of nitriles is 1. The van der Waals surface area contributed by atoms with Gasteiger partial charge in [-0.2, -0.15) is 10.4 Å². The molecule has 0 radical (unpaired) electrons. The molecule has 98 valence electrons. The van der Waals surface area contributed by atoms with E-state index >= 15 is 0 Å². The molecule has 1 aliphatic rings. The molecular formula is C14H20BrN3. The number of aryl methyl sites for hydroxylation is 2. The minimum atomic E-state index is -0.179. The van der Waals surface area contributed by atoms with Gasteiger partial charge >= 0.3 is 0 Å². The normalized spacial score (nSPS) is 27.4. The summed E-state index contributed by atoms with van der Waals surface area (Å²) in [6.07, 6.45) is 4.03. The summed E-state index contributed by atoms with van der Waals surface area (Å²) in [6, 6.07) is 2.58. The van der Waals surface area contributed by atoms with Crippen LogP contribution in [0.4, 0.5) is 0 Å². The van der Waals surface area contributed by atoms with Gasteiger partial charge in [-0.1, -0.05) is 6.92 Å². The molecule has 0 spiro atoms. The molecule has 18 heavy (non-hydrogen) atoms. The van der Waals surface area contributed by atoms with Crippen molar-refractivity contribution < 1.29 is 0 Å². The zero-order chi connectivity index (χ0) is 13.3. The summed E-state index contributed by atoms with van der Waals surface area (Å²) in [5.41, 5.74) is 2.03. The zero-order valence-electron chi connectivity index (χ0n) is 11.3.